The molecule has 1 unspecified atom stereocenters. The van der Waals surface area contributed by atoms with E-state index in [9.17, 15) is 0 Å². The van der Waals surface area contributed by atoms with E-state index in [-0.39, 0.29) is 0 Å². The molecule has 3 N–H and O–H groups in total. The summed E-state index contributed by atoms with van der Waals surface area (Å²) in [5, 5.41) is 3.43. The van der Waals surface area contributed by atoms with Crippen LogP contribution in [0.25, 0.3) is 0 Å². The number of nitrogens with two attached hydrogens (primary N) is 1. The number of likely N-dealkylation sites (N-methyl/N-ethyl adjacent to an activating group) is 1. The highest BCUT2D eigenvalue weighted by Gasteiger charge is 2.14. The standard InChI is InChI=1S/C12H22N4/c1-9(2)11(8-16(3)4)15-12-6-5-10(13)7-14-12/h5-7,9,11H,8,13H2,1-4H3,(H,14,15). The second-order valence-electron chi connectivity index (χ2n) is 4.73. The third kappa shape index (κ3) is 4.06. The molecule has 0 bridgehead atoms. The van der Waals surface area contributed by atoms with Gasteiger partial charge in [-0.1, -0.05) is 13.8 Å². The van der Waals surface area contributed by atoms with Crippen molar-refractivity contribution in [2.75, 3.05) is 31.7 Å². The van der Waals surface area contributed by atoms with Gasteiger partial charge in [0.05, 0.1) is 11.9 Å². The van der Waals surface area contributed by atoms with Crippen LogP contribution in [0.3, 0.4) is 0 Å². The van der Waals surface area contributed by atoms with Crippen molar-refractivity contribution >= 4 is 11.5 Å². The van der Waals surface area contributed by atoms with Crippen LogP contribution in [0.4, 0.5) is 11.5 Å². The van der Waals surface area contributed by atoms with Gasteiger partial charge in [0.15, 0.2) is 0 Å². The minimum atomic E-state index is 0.395. The minimum absolute atomic E-state index is 0.395. The highest BCUT2D eigenvalue weighted by atomic mass is 15.1. The Balaban J connectivity index is 2.64. The molecule has 0 fully saturated rings. The Kier molecular flexibility index (Phi) is 4.55. The lowest BCUT2D eigenvalue weighted by Crippen LogP contribution is -2.36. The third-order valence-corrected chi connectivity index (χ3v) is 2.49. The Bertz CT molecular complexity index is 305. The van der Waals surface area contributed by atoms with E-state index in [1.165, 1.54) is 0 Å². The van der Waals surface area contributed by atoms with E-state index < -0.39 is 0 Å². The van der Waals surface area contributed by atoms with Crippen LogP contribution < -0.4 is 11.1 Å². The average Bonchev–Trinajstić information content (AvgIpc) is 2.19. The van der Waals surface area contributed by atoms with Crippen molar-refractivity contribution in [3.8, 4) is 0 Å². The van der Waals surface area contributed by atoms with Crippen LogP contribution in [0.1, 0.15) is 13.8 Å². The first-order valence-corrected chi connectivity index (χ1v) is 5.62. The predicted molar refractivity (Wildman–Crippen MR) is 69.5 cm³/mol. The monoisotopic (exact) mass is 222 g/mol. The number of rotatable bonds is 5. The SMILES string of the molecule is CC(C)C(CN(C)C)Nc1ccc(N)cn1. The minimum Gasteiger partial charge on any atom is -0.397 e. The number of hydrogen-bond donors (Lipinski definition) is 2. The fourth-order valence-corrected chi connectivity index (χ4v) is 1.50. The second-order valence-corrected chi connectivity index (χ2v) is 4.73. The topological polar surface area (TPSA) is 54.2 Å². The van der Waals surface area contributed by atoms with Crippen molar-refractivity contribution < 1.29 is 0 Å². The van der Waals surface area contributed by atoms with Crippen LogP contribution in [0, 0.1) is 5.92 Å². The molecule has 0 aromatic carbocycles. The molecule has 0 aliphatic rings. The van der Waals surface area contributed by atoms with E-state index in [0.717, 1.165) is 12.4 Å². The number of pyridine rings is 1. The molecular formula is C12H22N4. The van der Waals surface area contributed by atoms with Crippen molar-refractivity contribution in [1.29, 1.82) is 0 Å². The summed E-state index contributed by atoms with van der Waals surface area (Å²) in [5.41, 5.74) is 6.29. The molecule has 1 rings (SSSR count). The zero-order valence-corrected chi connectivity index (χ0v) is 10.6. The van der Waals surface area contributed by atoms with Gasteiger partial charge >= 0.3 is 0 Å². The van der Waals surface area contributed by atoms with Gasteiger partial charge in [0, 0.05) is 12.6 Å². The molecule has 1 atom stereocenters. The van der Waals surface area contributed by atoms with Crippen molar-refractivity contribution in [3.63, 3.8) is 0 Å². The average molecular weight is 222 g/mol. The molecule has 90 valence electrons. The summed E-state index contributed by atoms with van der Waals surface area (Å²) in [6, 6.07) is 4.18. The number of hydrogen-bond acceptors (Lipinski definition) is 4. The fourth-order valence-electron chi connectivity index (χ4n) is 1.50. The third-order valence-electron chi connectivity index (χ3n) is 2.49. The molecule has 1 aromatic rings. The Morgan fingerprint density at radius 1 is 1.38 bits per heavy atom. The first kappa shape index (κ1) is 12.8. The van der Waals surface area contributed by atoms with Gasteiger partial charge in [-0.2, -0.15) is 0 Å². The summed E-state index contributed by atoms with van der Waals surface area (Å²) < 4.78 is 0. The van der Waals surface area contributed by atoms with Gasteiger partial charge < -0.3 is 16.0 Å². The van der Waals surface area contributed by atoms with Crippen molar-refractivity contribution in [2.45, 2.75) is 19.9 Å². The molecule has 4 nitrogen and oxygen atoms in total. The number of nitrogens with zero attached hydrogens (tertiary/aromatic N) is 2. The van der Waals surface area contributed by atoms with Crippen LogP contribution in [0.5, 0.6) is 0 Å². The lowest BCUT2D eigenvalue weighted by molar-refractivity contribution is 0.344. The Morgan fingerprint density at radius 3 is 2.50 bits per heavy atom. The first-order chi connectivity index (χ1) is 7.49. The van der Waals surface area contributed by atoms with E-state index in [4.69, 9.17) is 5.73 Å². The Hall–Kier alpha value is -1.29. The lowest BCUT2D eigenvalue weighted by Gasteiger charge is -2.26. The molecule has 1 heterocycles. The normalized spacial score (nSPS) is 13.1. The molecular weight excluding hydrogens is 200 g/mol. The number of anilines is 2. The van der Waals surface area contributed by atoms with Gasteiger partial charge in [0.1, 0.15) is 5.82 Å². The van der Waals surface area contributed by atoms with Crippen LogP contribution in [-0.4, -0.2) is 36.6 Å². The van der Waals surface area contributed by atoms with Crippen LogP contribution >= 0.6 is 0 Å². The number of aromatic nitrogens is 1. The molecule has 0 saturated carbocycles. The lowest BCUT2D eigenvalue weighted by atomic mass is 10.0. The summed E-state index contributed by atoms with van der Waals surface area (Å²) in [4.78, 5) is 6.43. The zero-order chi connectivity index (χ0) is 12.1. The van der Waals surface area contributed by atoms with E-state index in [1.807, 2.05) is 12.1 Å². The van der Waals surface area contributed by atoms with Gasteiger partial charge in [-0.25, -0.2) is 4.98 Å². The predicted octanol–water partition coefficient (Wildman–Crippen LogP) is 1.66. The second kappa shape index (κ2) is 5.70. The van der Waals surface area contributed by atoms with E-state index in [0.29, 0.717) is 17.6 Å². The van der Waals surface area contributed by atoms with Gasteiger partial charge in [0.25, 0.3) is 0 Å². The Labute approximate surface area is 97.9 Å². The van der Waals surface area contributed by atoms with Gasteiger partial charge in [-0.05, 0) is 32.1 Å². The van der Waals surface area contributed by atoms with Crippen LogP contribution in [0.2, 0.25) is 0 Å². The fraction of sp³-hybridized carbons (Fsp3) is 0.583. The summed E-state index contributed by atoms with van der Waals surface area (Å²) >= 11 is 0. The maximum atomic E-state index is 5.60. The van der Waals surface area contributed by atoms with Crippen molar-refractivity contribution in [2.24, 2.45) is 5.92 Å². The zero-order valence-electron chi connectivity index (χ0n) is 10.6. The Morgan fingerprint density at radius 2 is 2.06 bits per heavy atom. The number of nitrogen functional groups attached to an aromatic ring is 1. The first-order valence-electron chi connectivity index (χ1n) is 5.62. The quantitative estimate of drug-likeness (QED) is 0.795. The smallest absolute Gasteiger partial charge is 0.126 e. The molecule has 4 heteroatoms. The number of nitrogens with one attached hydrogen (secondary N) is 1. The maximum Gasteiger partial charge on any atom is 0.126 e. The van der Waals surface area contributed by atoms with Crippen LogP contribution in [0.15, 0.2) is 18.3 Å². The van der Waals surface area contributed by atoms with Crippen molar-refractivity contribution in [3.05, 3.63) is 18.3 Å². The summed E-state index contributed by atoms with van der Waals surface area (Å²) in [6.45, 7) is 5.40. The molecule has 0 amide bonds. The van der Waals surface area contributed by atoms with Gasteiger partial charge in [0.2, 0.25) is 0 Å². The molecule has 0 saturated heterocycles. The summed E-state index contributed by atoms with van der Waals surface area (Å²) in [5.74, 6) is 1.44. The molecule has 0 spiro atoms. The van der Waals surface area contributed by atoms with Gasteiger partial charge in [-0.15, -0.1) is 0 Å². The van der Waals surface area contributed by atoms with E-state index in [1.54, 1.807) is 6.20 Å². The van der Waals surface area contributed by atoms with Gasteiger partial charge in [-0.3, -0.25) is 0 Å². The van der Waals surface area contributed by atoms with Crippen molar-refractivity contribution in [1.82, 2.24) is 9.88 Å². The van der Waals surface area contributed by atoms with E-state index >= 15 is 0 Å². The maximum absolute atomic E-state index is 5.60. The highest BCUT2D eigenvalue weighted by Crippen LogP contribution is 2.12. The largest absolute Gasteiger partial charge is 0.397 e. The molecule has 0 radical (unpaired) electrons. The molecule has 0 aliphatic carbocycles. The van der Waals surface area contributed by atoms with Crippen LogP contribution in [-0.2, 0) is 0 Å². The van der Waals surface area contributed by atoms with E-state index in [2.05, 4.69) is 43.1 Å². The highest BCUT2D eigenvalue weighted by molar-refractivity contribution is 5.44. The molecule has 1 aromatic heterocycles. The molecule has 16 heavy (non-hydrogen) atoms. The molecule has 0 aliphatic heterocycles. The summed E-state index contributed by atoms with van der Waals surface area (Å²) in [7, 11) is 4.15. The summed E-state index contributed by atoms with van der Waals surface area (Å²) in [6.07, 6.45) is 1.68.